The lowest BCUT2D eigenvalue weighted by Gasteiger charge is -2.32. The summed E-state index contributed by atoms with van der Waals surface area (Å²) in [6, 6.07) is 19.3. The first-order valence-corrected chi connectivity index (χ1v) is 8.67. The fourth-order valence-corrected chi connectivity index (χ4v) is 4.71. The molecule has 2 aliphatic heterocycles. The normalized spacial score (nSPS) is 26.9. The Bertz CT molecular complexity index is 1020. The zero-order chi connectivity index (χ0) is 16.5. The van der Waals surface area contributed by atoms with Gasteiger partial charge in [0.05, 0.1) is 17.8 Å². The minimum atomic E-state index is 0. The third kappa shape index (κ3) is 1.92. The maximum Gasteiger partial charge on any atom is 0.276 e. The third-order valence-electron chi connectivity index (χ3n) is 5.77. The number of nitrogens with one attached hydrogen (secondary N) is 1. The predicted octanol–water partition coefficient (Wildman–Crippen LogP) is 0.0897. The molecule has 0 bridgehead atoms. The highest BCUT2D eigenvalue weighted by molar-refractivity contribution is 5.78. The molecule has 5 heteroatoms. The number of aromatic nitrogens is 2. The zero-order valence-corrected chi connectivity index (χ0v) is 16.2. The standard InChI is InChI=1S/C21H16N4.HI/c1-13-17-15-9-5-6-10-16(15)25-20-19(22-11-12-23-20)24(21(25)18(13)17)14-7-3-2-4-8-14;/h2-12,17-18,21H,1H2;1H. The van der Waals surface area contributed by atoms with E-state index >= 15 is 0 Å². The van der Waals surface area contributed by atoms with Gasteiger partial charge in [0.15, 0.2) is 6.17 Å². The van der Waals surface area contributed by atoms with E-state index < -0.39 is 0 Å². The van der Waals surface area contributed by atoms with Gasteiger partial charge in [-0.05, 0) is 23.8 Å². The molecular formula is C21H17IN4. The Labute approximate surface area is 169 Å². The molecule has 0 radical (unpaired) electrons. The number of para-hydroxylation sites is 2. The number of rotatable bonds is 1. The molecule has 0 amide bonds. The van der Waals surface area contributed by atoms with Crippen LogP contribution in [0.1, 0.15) is 11.5 Å². The molecule has 4 nitrogen and oxygen atoms in total. The Hall–Kier alpha value is -2.25. The van der Waals surface area contributed by atoms with Gasteiger partial charge in [-0.1, -0.05) is 48.6 Å². The summed E-state index contributed by atoms with van der Waals surface area (Å²) in [5.41, 5.74) is 5.19. The summed E-state index contributed by atoms with van der Waals surface area (Å²) in [5.74, 6) is 2.89. The lowest BCUT2D eigenvalue weighted by atomic mass is 9.99. The van der Waals surface area contributed by atoms with Crippen molar-refractivity contribution in [3.05, 3.63) is 84.7 Å². The smallest absolute Gasteiger partial charge is 0.276 e. The molecule has 1 N–H and O–H groups in total. The third-order valence-corrected chi connectivity index (χ3v) is 5.77. The van der Waals surface area contributed by atoms with Crippen molar-refractivity contribution in [1.29, 1.82) is 0 Å². The quantitative estimate of drug-likeness (QED) is 0.420. The second-order valence-corrected chi connectivity index (χ2v) is 6.96. The van der Waals surface area contributed by atoms with Crippen LogP contribution in [0.3, 0.4) is 0 Å². The molecule has 3 aliphatic rings. The molecule has 128 valence electrons. The minimum Gasteiger partial charge on any atom is -1.00 e. The topological polar surface area (TPSA) is 33.5 Å². The van der Waals surface area contributed by atoms with Crippen molar-refractivity contribution in [2.45, 2.75) is 12.1 Å². The van der Waals surface area contributed by atoms with Crippen LogP contribution < -0.4 is 33.8 Å². The molecule has 26 heavy (non-hydrogen) atoms. The highest BCUT2D eigenvalue weighted by Gasteiger charge is 2.64. The minimum absolute atomic E-state index is 0. The number of halogens is 1. The summed E-state index contributed by atoms with van der Waals surface area (Å²) >= 11 is 0. The lowest BCUT2D eigenvalue weighted by Crippen LogP contribution is -3.07. The molecule has 3 heterocycles. The average molecular weight is 452 g/mol. The highest BCUT2D eigenvalue weighted by Crippen LogP contribution is 2.62. The largest absolute Gasteiger partial charge is 1.00 e. The van der Waals surface area contributed by atoms with Gasteiger partial charge < -0.3 is 24.0 Å². The Morgan fingerprint density at radius 1 is 0.923 bits per heavy atom. The van der Waals surface area contributed by atoms with E-state index in [9.17, 15) is 0 Å². The summed E-state index contributed by atoms with van der Waals surface area (Å²) in [6.07, 6.45) is 3.83. The van der Waals surface area contributed by atoms with Gasteiger partial charge in [-0.15, -0.1) is 0 Å². The van der Waals surface area contributed by atoms with Crippen LogP contribution in [0.2, 0.25) is 0 Å². The molecule has 2 aromatic carbocycles. The second kappa shape index (κ2) is 5.62. The molecule has 6 rings (SSSR count). The van der Waals surface area contributed by atoms with Gasteiger partial charge in [-0.25, -0.2) is 9.88 Å². The van der Waals surface area contributed by atoms with E-state index in [1.165, 1.54) is 27.4 Å². The molecule has 4 unspecified atom stereocenters. The molecule has 0 saturated heterocycles. The Kier molecular flexibility index (Phi) is 3.45. The van der Waals surface area contributed by atoms with Crippen molar-refractivity contribution >= 4 is 23.0 Å². The van der Waals surface area contributed by atoms with Crippen molar-refractivity contribution < 1.29 is 28.9 Å². The maximum atomic E-state index is 4.72. The van der Waals surface area contributed by atoms with Crippen LogP contribution >= 0.6 is 0 Å². The highest BCUT2D eigenvalue weighted by atomic mass is 127. The van der Waals surface area contributed by atoms with Crippen LogP contribution in [0.4, 0.5) is 23.0 Å². The number of fused-ring (bicyclic) bond motifs is 8. The maximum absolute atomic E-state index is 4.72. The Morgan fingerprint density at radius 2 is 1.65 bits per heavy atom. The molecule has 1 fully saturated rings. The van der Waals surface area contributed by atoms with Crippen LogP contribution in [-0.4, -0.2) is 16.1 Å². The summed E-state index contributed by atoms with van der Waals surface area (Å²) < 4.78 is 0. The van der Waals surface area contributed by atoms with Crippen LogP contribution in [0.25, 0.3) is 0 Å². The van der Waals surface area contributed by atoms with Crippen LogP contribution in [0.15, 0.2) is 79.1 Å². The lowest BCUT2D eigenvalue weighted by molar-refractivity contribution is -0.788. The van der Waals surface area contributed by atoms with Gasteiger partial charge in [0, 0.05) is 12.1 Å². The first-order valence-electron chi connectivity index (χ1n) is 8.67. The number of quaternary nitrogens is 1. The van der Waals surface area contributed by atoms with Crippen LogP contribution in [-0.2, 0) is 0 Å². The Morgan fingerprint density at radius 3 is 2.50 bits per heavy atom. The molecule has 4 atom stereocenters. The molecular weight excluding hydrogens is 435 g/mol. The van der Waals surface area contributed by atoms with Crippen LogP contribution in [0.5, 0.6) is 0 Å². The average Bonchev–Trinajstić information content (AvgIpc) is 3.22. The fourth-order valence-electron chi connectivity index (χ4n) is 4.71. The van der Waals surface area contributed by atoms with E-state index in [2.05, 4.69) is 66.1 Å². The monoisotopic (exact) mass is 452 g/mol. The van der Waals surface area contributed by atoms with Crippen molar-refractivity contribution in [1.82, 2.24) is 9.97 Å². The van der Waals surface area contributed by atoms with E-state index in [0.29, 0.717) is 11.8 Å². The van der Waals surface area contributed by atoms with E-state index in [0.717, 1.165) is 11.6 Å². The molecule has 1 saturated carbocycles. The van der Waals surface area contributed by atoms with E-state index in [1.807, 2.05) is 0 Å². The van der Waals surface area contributed by atoms with Crippen molar-refractivity contribution in [3.8, 4) is 0 Å². The van der Waals surface area contributed by atoms with Gasteiger partial charge >= 0.3 is 0 Å². The van der Waals surface area contributed by atoms with Gasteiger partial charge in [-0.3, -0.25) is 4.90 Å². The predicted molar refractivity (Wildman–Crippen MR) is 96.5 cm³/mol. The molecule has 0 spiro atoms. The van der Waals surface area contributed by atoms with Gasteiger partial charge in [0.25, 0.3) is 5.82 Å². The van der Waals surface area contributed by atoms with Crippen LogP contribution in [0, 0.1) is 5.92 Å². The summed E-state index contributed by atoms with van der Waals surface area (Å²) in [7, 11) is 0. The first kappa shape index (κ1) is 16.0. The number of nitrogens with zero attached hydrogens (tertiary/aromatic N) is 3. The molecule has 1 aromatic heterocycles. The summed E-state index contributed by atoms with van der Waals surface area (Å²) in [6.45, 7) is 4.38. The van der Waals surface area contributed by atoms with Gasteiger partial charge in [0.2, 0.25) is 5.82 Å². The molecule has 1 aliphatic carbocycles. The van der Waals surface area contributed by atoms with Crippen molar-refractivity contribution in [3.63, 3.8) is 0 Å². The van der Waals surface area contributed by atoms with Crippen molar-refractivity contribution in [2.75, 3.05) is 4.90 Å². The Balaban J connectivity index is 0.00000150. The van der Waals surface area contributed by atoms with E-state index in [1.54, 1.807) is 12.4 Å². The van der Waals surface area contributed by atoms with E-state index in [4.69, 9.17) is 9.97 Å². The second-order valence-electron chi connectivity index (χ2n) is 6.96. The fraction of sp³-hybridized carbons (Fsp3) is 0.143. The SMILES string of the molecule is C=C1C2c3ccccc3N3c4nccnc4[NH+](c4ccccc4)C3C12.[I-]. The summed E-state index contributed by atoms with van der Waals surface area (Å²) in [5, 5.41) is 0. The van der Waals surface area contributed by atoms with Crippen molar-refractivity contribution in [2.24, 2.45) is 5.92 Å². The zero-order valence-electron chi connectivity index (χ0n) is 14.0. The number of hydrogen-bond acceptors (Lipinski definition) is 3. The number of anilines is 2. The summed E-state index contributed by atoms with van der Waals surface area (Å²) in [4.78, 5) is 13.1. The first-order chi connectivity index (χ1) is 12.4. The van der Waals surface area contributed by atoms with Gasteiger partial charge in [-0.2, -0.15) is 4.98 Å². The van der Waals surface area contributed by atoms with E-state index in [-0.39, 0.29) is 30.1 Å². The number of benzene rings is 2. The number of hydrogen-bond donors (Lipinski definition) is 1. The molecule has 3 aromatic rings. The van der Waals surface area contributed by atoms with Gasteiger partial charge in [0.1, 0.15) is 5.69 Å².